The Bertz CT molecular complexity index is 762. The zero-order valence-electron chi connectivity index (χ0n) is 14.0. The molecule has 2 rings (SSSR count). The second-order valence-electron chi connectivity index (χ2n) is 6.02. The SMILES string of the molecule is CC(C)(C)[S@](=O)c1ccc(C(=O)O)cc1.O=C(O)c1ccc(Br)cc1. The molecule has 0 saturated heterocycles. The summed E-state index contributed by atoms with van der Waals surface area (Å²) in [5, 5.41) is 17.2. The first-order valence-electron chi connectivity index (χ1n) is 7.26. The van der Waals surface area contributed by atoms with Gasteiger partial charge in [0, 0.05) is 14.1 Å². The summed E-state index contributed by atoms with van der Waals surface area (Å²) in [7, 11) is -1.12. The van der Waals surface area contributed by atoms with Gasteiger partial charge in [0.05, 0.1) is 21.9 Å². The highest BCUT2D eigenvalue weighted by molar-refractivity contribution is 9.10. The maximum absolute atomic E-state index is 11.9. The minimum Gasteiger partial charge on any atom is -0.478 e. The van der Waals surface area contributed by atoms with Crippen molar-refractivity contribution in [2.45, 2.75) is 30.4 Å². The molecular formula is C18H19BrO5S. The van der Waals surface area contributed by atoms with Crippen molar-refractivity contribution in [1.82, 2.24) is 0 Å². The van der Waals surface area contributed by atoms with Crippen molar-refractivity contribution < 1.29 is 24.0 Å². The second-order valence-corrected chi connectivity index (χ2v) is 9.17. The number of hydrogen-bond acceptors (Lipinski definition) is 3. The Kier molecular flexibility index (Phi) is 7.51. The zero-order chi connectivity index (χ0) is 19.2. The molecule has 0 heterocycles. The Hall–Kier alpha value is -1.99. The van der Waals surface area contributed by atoms with Crippen LogP contribution in [0.25, 0.3) is 0 Å². The molecule has 0 radical (unpaired) electrons. The number of aromatic carboxylic acids is 2. The highest BCUT2D eigenvalue weighted by atomic mass is 79.9. The van der Waals surface area contributed by atoms with Crippen LogP contribution < -0.4 is 0 Å². The number of carboxylic acid groups (broad SMARTS) is 2. The molecule has 5 nitrogen and oxygen atoms in total. The lowest BCUT2D eigenvalue weighted by molar-refractivity contribution is 0.0686. The van der Waals surface area contributed by atoms with Gasteiger partial charge in [-0.15, -0.1) is 0 Å². The molecule has 0 fully saturated rings. The number of carboxylic acids is 2. The summed E-state index contributed by atoms with van der Waals surface area (Å²) in [6, 6.07) is 12.6. The molecule has 0 aliphatic heterocycles. The van der Waals surface area contributed by atoms with E-state index >= 15 is 0 Å². The lowest BCUT2D eigenvalue weighted by atomic mass is 10.2. The third-order valence-corrected chi connectivity index (χ3v) is 5.30. The number of carbonyl (C=O) groups is 2. The molecule has 1 atom stereocenters. The van der Waals surface area contributed by atoms with E-state index in [1.54, 1.807) is 36.4 Å². The first-order chi connectivity index (χ1) is 11.5. The standard InChI is InChI=1S/C11H14O3S.C7H5BrO2/c1-11(2,3)15(14)9-6-4-8(5-7-9)10(12)13;8-6-3-1-5(2-4-6)7(9)10/h4-7H,1-3H3,(H,12,13);1-4H,(H,9,10)/t15-;/m1./s1. The van der Waals surface area contributed by atoms with Crippen LogP contribution in [0.1, 0.15) is 41.5 Å². The Balaban J connectivity index is 0.000000271. The molecule has 0 bridgehead atoms. The van der Waals surface area contributed by atoms with Crippen LogP contribution in [0.3, 0.4) is 0 Å². The highest BCUT2D eigenvalue weighted by Gasteiger charge is 2.21. The molecule has 134 valence electrons. The Morgan fingerprint density at radius 2 is 1.20 bits per heavy atom. The van der Waals surface area contributed by atoms with Crippen molar-refractivity contribution in [3.8, 4) is 0 Å². The van der Waals surface area contributed by atoms with Crippen LogP contribution in [0.5, 0.6) is 0 Å². The van der Waals surface area contributed by atoms with Gasteiger partial charge in [-0.3, -0.25) is 4.21 Å². The van der Waals surface area contributed by atoms with E-state index in [0.717, 1.165) is 4.47 Å². The summed E-state index contributed by atoms with van der Waals surface area (Å²) in [5.41, 5.74) is 0.521. The van der Waals surface area contributed by atoms with Crippen LogP contribution in [0, 0.1) is 0 Å². The normalized spacial score (nSPS) is 11.8. The highest BCUT2D eigenvalue weighted by Crippen LogP contribution is 2.20. The van der Waals surface area contributed by atoms with Crippen LogP contribution >= 0.6 is 15.9 Å². The van der Waals surface area contributed by atoms with Gasteiger partial charge in [0.15, 0.2) is 0 Å². The summed E-state index contributed by atoms with van der Waals surface area (Å²) in [5.74, 6) is -1.87. The Morgan fingerprint density at radius 3 is 1.52 bits per heavy atom. The molecular weight excluding hydrogens is 408 g/mol. The third kappa shape index (κ3) is 6.80. The quantitative estimate of drug-likeness (QED) is 0.756. The molecule has 2 N–H and O–H groups in total. The molecule has 0 aliphatic rings. The molecule has 7 heteroatoms. The van der Waals surface area contributed by atoms with E-state index in [0.29, 0.717) is 10.5 Å². The average Bonchev–Trinajstić information content (AvgIpc) is 2.54. The van der Waals surface area contributed by atoms with E-state index in [2.05, 4.69) is 15.9 Å². The van der Waals surface area contributed by atoms with Gasteiger partial charge in [-0.05, 0) is 69.3 Å². The van der Waals surface area contributed by atoms with E-state index in [9.17, 15) is 13.8 Å². The van der Waals surface area contributed by atoms with Gasteiger partial charge in [-0.2, -0.15) is 0 Å². The minimum absolute atomic E-state index is 0.213. The fourth-order valence-electron chi connectivity index (χ4n) is 1.67. The van der Waals surface area contributed by atoms with E-state index < -0.39 is 22.7 Å². The van der Waals surface area contributed by atoms with Crippen LogP contribution in [0.2, 0.25) is 0 Å². The van der Waals surface area contributed by atoms with Gasteiger partial charge < -0.3 is 10.2 Å². The number of hydrogen-bond donors (Lipinski definition) is 2. The molecule has 2 aromatic rings. The third-order valence-electron chi connectivity index (χ3n) is 2.96. The fourth-order valence-corrected chi connectivity index (χ4v) is 3.02. The predicted molar refractivity (Wildman–Crippen MR) is 101 cm³/mol. The molecule has 0 aliphatic carbocycles. The van der Waals surface area contributed by atoms with Crippen molar-refractivity contribution >= 4 is 38.7 Å². The van der Waals surface area contributed by atoms with Crippen LogP contribution in [-0.4, -0.2) is 31.1 Å². The van der Waals surface area contributed by atoms with Crippen LogP contribution in [-0.2, 0) is 10.8 Å². The predicted octanol–water partition coefficient (Wildman–Crippen LogP) is 4.44. The maximum Gasteiger partial charge on any atom is 0.335 e. The van der Waals surface area contributed by atoms with E-state index in [4.69, 9.17) is 10.2 Å². The van der Waals surface area contributed by atoms with Crippen molar-refractivity contribution in [2.75, 3.05) is 0 Å². The average molecular weight is 427 g/mol. The molecule has 0 unspecified atom stereocenters. The van der Waals surface area contributed by atoms with Crippen molar-refractivity contribution in [1.29, 1.82) is 0 Å². The molecule has 0 spiro atoms. The van der Waals surface area contributed by atoms with Crippen LogP contribution in [0.4, 0.5) is 0 Å². The van der Waals surface area contributed by atoms with Crippen molar-refractivity contribution in [2.24, 2.45) is 0 Å². The topological polar surface area (TPSA) is 91.7 Å². The number of halogens is 1. The summed E-state index contributed by atoms with van der Waals surface area (Å²) < 4.78 is 12.5. The monoisotopic (exact) mass is 426 g/mol. The Labute approximate surface area is 157 Å². The fraction of sp³-hybridized carbons (Fsp3) is 0.222. The molecule has 0 saturated carbocycles. The summed E-state index contributed by atoms with van der Waals surface area (Å²) in [6.07, 6.45) is 0. The summed E-state index contributed by atoms with van der Waals surface area (Å²) in [6.45, 7) is 5.65. The first kappa shape index (κ1) is 21.1. The zero-order valence-corrected chi connectivity index (χ0v) is 16.4. The molecule has 0 amide bonds. The summed E-state index contributed by atoms with van der Waals surface area (Å²) >= 11 is 3.20. The van der Waals surface area contributed by atoms with Gasteiger partial charge in [-0.1, -0.05) is 15.9 Å². The van der Waals surface area contributed by atoms with Gasteiger partial charge in [0.1, 0.15) is 0 Å². The minimum atomic E-state index is -1.12. The van der Waals surface area contributed by atoms with E-state index in [-0.39, 0.29) is 10.3 Å². The van der Waals surface area contributed by atoms with Gasteiger partial charge in [-0.25, -0.2) is 9.59 Å². The van der Waals surface area contributed by atoms with Gasteiger partial charge >= 0.3 is 11.9 Å². The van der Waals surface area contributed by atoms with Gasteiger partial charge in [0.25, 0.3) is 0 Å². The largest absolute Gasteiger partial charge is 0.478 e. The van der Waals surface area contributed by atoms with Gasteiger partial charge in [0.2, 0.25) is 0 Å². The van der Waals surface area contributed by atoms with Crippen LogP contribution in [0.15, 0.2) is 57.9 Å². The maximum atomic E-state index is 11.9. The number of rotatable bonds is 3. The molecule has 25 heavy (non-hydrogen) atoms. The summed E-state index contributed by atoms with van der Waals surface area (Å²) in [4.78, 5) is 21.6. The van der Waals surface area contributed by atoms with E-state index in [1.165, 1.54) is 12.1 Å². The molecule has 2 aromatic carbocycles. The van der Waals surface area contributed by atoms with E-state index in [1.807, 2.05) is 20.8 Å². The first-order valence-corrected chi connectivity index (χ1v) is 9.20. The Morgan fingerprint density at radius 1 is 0.840 bits per heavy atom. The van der Waals surface area contributed by atoms with Crippen molar-refractivity contribution in [3.05, 3.63) is 64.1 Å². The number of benzene rings is 2. The lowest BCUT2D eigenvalue weighted by Crippen LogP contribution is -2.21. The lowest BCUT2D eigenvalue weighted by Gasteiger charge is -2.17. The van der Waals surface area contributed by atoms with Crippen molar-refractivity contribution in [3.63, 3.8) is 0 Å². The molecule has 0 aromatic heterocycles. The second kappa shape index (κ2) is 8.92. The smallest absolute Gasteiger partial charge is 0.335 e.